The van der Waals surface area contributed by atoms with Crippen LogP contribution in [0, 0.1) is 5.82 Å². The van der Waals surface area contributed by atoms with Crippen molar-refractivity contribution in [1.82, 2.24) is 24.4 Å². The molecule has 1 fully saturated rings. The highest BCUT2D eigenvalue weighted by Gasteiger charge is 2.35. The Kier molecular flexibility index (Phi) is 7.06. The molecule has 2 aliphatic rings. The van der Waals surface area contributed by atoms with E-state index in [2.05, 4.69) is 25.1 Å². The average molecular weight is 518 g/mol. The van der Waals surface area contributed by atoms with Gasteiger partial charge in [-0.2, -0.15) is 13.2 Å². The highest BCUT2D eigenvalue weighted by Crippen LogP contribution is 2.37. The summed E-state index contributed by atoms with van der Waals surface area (Å²) < 4.78 is 55.9. The Balaban J connectivity index is 1.40. The van der Waals surface area contributed by atoms with Gasteiger partial charge < -0.3 is 19.7 Å². The maximum atomic E-state index is 13.9. The van der Waals surface area contributed by atoms with E-state index < -0.39 is 17.6 Å². The van der Waals surface area contributed by atoms with Crippen LogP contribution < -0.4 is 10.2 Å². The number of aromatic nitrogens is 4. The quantitative estimate of drug-likeness (QED) is 0.474. The molecule has 0 saturated carbocycles. The number of hydrogen-bond donors (Lipinski definition) is 1. The molecule has 2 aromatic heterocycles. The molecule has 11 heteroatoms. The molecule has 0 unspecified atom stereocenters. The van der Waals surface area contributed by atoms with E-state index in [1.165, 1.54) is 11.6 Å². The SMILES string of the molecule is CN(C)CCn1cc(-c2ccc(F)c(C(F)(F)F)c2)nc1C1CCN(c2ncnc3c2CCCN3)CC1. The minimum absolute atomic E-state index is 0.158. The summed E-state index contributed by atoms with van der Waals surface area (Å²) in [4.78, 5) is 18.1. The van der Waals surface area contributed by atoms with Crippen molar-refractivity contribution < 1.29 is 17.6 Å². The van der Waals surface area contributed by atoms with Crippen LogP contribution in [0.15, 0.2) is 30.7 Å². The number of likely N-dealkylation sites (N-methyl/N-ethyl adjacent to an activating group) is 1. The summed E-state index contributed by atoms with van der Waals surface area (Å²) >= 11 is 0. The Morgan fingerprint density at radius 3 is 2.65 bits per heavy atom. The topological polar surface area (TPSA) is 62.1 Å². The van der Waals surface area contributed by atoms with Gasteiger partial charge in [-0.1, -0.05) is 0 Å². The molecule has 1 aromatic carbocycles. The van der Waals surface area contributed by atoms with Gasteiger partial charge in [0.25, 0.3) is 0 Å². The van der Waals surface area contributed by atoms with Crippen molar-refractivity contribution in [2.24, 2.45) is 0 Å². The van der Waals surface area contributed by atoms with Crippen molar-refractivity contribution in [3.8, 4) is 11.3 Å². The van der Waals surface area contributed by atoms with Crippen molar-refractivity contribution in [2.75, 3.05) is 50.5 Å². The summed E-state index contributed by atoms with van der Waals surface area (Å²) in [7, 11) is 3.95. The number of imidazole rings is 1. The number of anilines is 2. The molecule has 5 rings (SSSR count). The van der Waals surface area contributed by atoms with E-state index in [1.807, 2.05) is 18.7 Å². The zero-order valence-electron chi connectivity index (χ0n) is 21.0. The number of nitrogens with zero attached hydrogens (tertiary/aromatic N) is 6. The van der Waals surface area contributed by atoms with Gasteiger partial charge in [-0.05, 0) is 58.0 Å². The fourth-order valence-corrected chi connectivity index (χ4v) is 5.16. The first-order valence-electron chi connectivity index (χ1n) is 12.6. The standard InChI is InChI=1S/C26H31F4N7/c1-35(2)12-13-37-15-22(18-5-6-21(27)20(14-18)26(28,29)30)34-24(37)17-7-10-36(11-8-17)25-19-4-3-9-31-23(19)32-16-33-25/h5-6,14-17H,3-4,7-13H2,1-2H3,(H,31,32,33). The molecule has 0 aliphatic carbocycles. The van der Waals surface area contributed by atoms with E-state index in [-0.39, 0.29) is 11.5 Å². The third kappa shape index (κ3) is 5.41. The smallest absolute Gasteiger partial charge is 0.370 e. The van der Waals surface area contributed by atoms with Gasteiger partial charge in [-0.25, -0.2) is 19.3 Å². The number of nitrogens with one attached hydrogen (secondary N) is 1. The Labute approximate surface area is 213 Å². The van der Waals surface area contributed by atoms with Gasteiger partial charge in [0.05, 0.1) is 11.3 Å². The van der Waals surface area contributed by atoms with Crippen molar-refractivity contribution in [1.29, 1.82) is 0 Å². The third-order valence-corrected chi connectivity index (χ3v) is 7.14. The molecule has 4 heterocycles. The molecule has 1 N–H and O–H groups in total. The van der Waals surface area contributed by atoms with Crippen LogP contribution in [0.2, 0.25) is 0 Å². The van der Waals surface area contributed by atoms with Crippen LogP contribution in [0.5, 0.6) is 0 Å². The minimum atomic E-state index is -4.76. The van der Waals surface area contributed by atoms with Crippen LogP contribution in [0.3, 0.4) is 0 Å². The second-order valence-electron chi connectivity index (χ2n) is 9.99. The van der Waals surface area contributed by atoms with E-state index in [0.717, 1.165) is 81.5 Å². The van der Waals surface area contributed by atoms with Crippen LogP contribution in [0.1, 0.15) is 42.1 Å². The minimum Gasteiger partial charge on any atom is -0.370 e. The summed E-state index contributed by atoms with van der Waals surface area (Å²) in [5, 5.41) is 3.35. The molecule has 198 valence electrons. The van der Waals surface area contributed by atoms with Crippen LogP contribution >= 0.6 is 0 Å². The summed E-state index contributed by atoms with van der Waals surface area (Å²) in [6.07, 6.45) is 2.34. The van der Waals surface area contributed by atoms with Gasteiger partial charge in [-0.15, -0.1) is 0 Å². The van der Waals surface area contributed by atoms with Gasteiger partial charge >= 0.3 is 6.18 Å². The Morgan fingerprint density at radius 2 is 1.92 bits per heavy atom. The third-order valence-electron chi connectivity index (χ3n) is 7.14. The normalized spacial score (nSPS) is 16.7. The lowest BCUT2D eigenvalue weighted by molar-refractivity contribution is -0.139. The van der Waals surface area contributed by atoms with Gasteiger partial charge in [0.1, 0.15) is 29.6 Å². The zero-order chi connectivity index (χ0) is 26.2. The van der Waals surface area contributed by atoms with Gasteiger partial charge in [-0.3, -0.25) is 0 Å². The number of hydrogen-bond acceptors (Lipinski definition) is 6. The molecule has 1 saturated heterocycles. The fourth-order valence-electron chi connectivity index (χ4n) is 5.16. The van der Waals surface area contributed by atoms with Gasteiger partial charge in [0.15, 0.2) is 0 Å². The Morgan fingerprint density at radius 1 is 1.14 bits per heavy atom. The lowest BCUT2D eigenvalue weighted by Gasteiger charge is -2.34. The lowest BCUT2D eigenvalue weighted by Crippen LogP contribution is -2.35. The first-order valence-corrected chi connectivity index (χ1v) is 12.6. The van der Waals surface area contributed by atoms with Gasteiger partial charge in [0, 0.05) is 56.0 Å². The highest BCUT2D eigenvalue weighted by molar-refractivity contribution is 5.61. The van der Waals surface area contributed by atoms with Crippen LogP contribution in [0.4, 0.5) is 29.2 Å². The molecule has 37 heavy (non-hydrogen) atoms. The fraction of sp³-hybridized carbons (Fsp3) is 0.500. The number of benzene rings is 1. The van der Waals surface area contributed by atoms with E-state index in [0.29, 0.717) is 12.2 Å². The lowest BCUT2D eigenvalue weighted by atomic mass is 9.95. The number of halogens is 4. The van der Waals surface area contributed by atoms with E-state index in [1.54, 1.807) is 12.5 Å². The Bertz CT molecular complexity index is 1250. The number of fused-ring (bicyclic) bond motifs is 1. The second kappa shape index (κ2) is 10.3. The van der Waals surface area contributed by atoms with Crippen molar-refractivity contribution in [2.45, 2.75) is 44.3 Å². The predicted molar refractivity (Wildman–Crippen MR) is 134 cm³/mol. The molecule has 7 nitrogen and oxygen atoms in total. The van der Waals surface area contributed by atoms with Crippen LogP contribution in [-0.4, -0.2) is 64.7 Å². The summed E-state index contributed by atoms with van der Waals surface area (Å²) in [6.45, 7) is 3.95. The molecular formula is C26H31F4N7. The number of piperidine rings is 1. The van der Waals surface area contributed by atoms with Crippen molar-refractivity contribution in [3.05, 3.63) is 53.5 Å². The van der Waals surface area contributed by atoms with Crippen LogP contribution in [0.25, 0.3) is 11.3 Å². The van der Waals surface area contributed by atoms with E-state index >= 15 is 0 Å². The van der Waals surface area contributed by atoms with E-state index in [9.17, 15) is 17.6 Å². The van der Waals surface area contributed by atoms with Crippen molar-refractivity contribution >= 4 is 11.6 Å². The molecule has 0 spiro atoms. The zero-order valence-corrected chi connectivity index (χ0v) is 21.0. The molecule has 0 bridgehead atoms. The summed E-state index contributed by atoms with van der Waals surface area (Å²) in [6, 6.07) is 3.08. The predicted octanol–water partition coefficient (Wildman–Crippen LogP) is 4.80. The van der Waals surface area contributed by atoms with Crippen LogP contribution in [-0.2, 0) is 19.1 Å². The molecule has 3 aromatic rings. The van der Waals surface area contributed by atoms with Gasteiger partial charge in [0.2, 0.25) is 0 Å². The second-order valence-corrected chi connectivity index (χ2v) is 9.99. The number of rotatable bonds is 6. The first-order chi connectivity index (χ1) is 17.7. The highest BCUT2D eigenvalue weighted by atomic mass is 19.4. The summed E-state index contributed by atoms with van der Waals surface area (Å²) in [5.41, 5.74) is 0.581. The molecule has 2 aliphatic heterocycles. The first kappa shape index (κ1) is 25.4. The summed E-state index contributed by atoms with van der Waals surface area (Å²) in [5.74, 6) is 1.64. The number of alkyl halides is 3. The molecule has 0 amide bonds. The maximum Gasteiger partial charge on any atom is 0.419 e. The largest absolute Gasteiger partial charge is 0.419 e. The maximum absolute atomic E-state index is 13.9. The van der Waals surface area contributed by atoms with E-state index in [4.69, 9.17) is 4.98 Å². The van der Waals surface area contributed by atoms with Crippen molar-refractivity contribution in [3.63, 3.8) is 0 Å². The average Bonchev–Trinajstić information content (AvgIpc) is 3.31. The molecular weight excluding hydrogens is 486 g/mol. The Hall–Kier alpha value is -3.21. The molecule has 0 radical (unpaired) electrons. The monoisotopic (exact) mass is 517 g/mol. The molecule has 0 atom stereocenters.